The Morgan fingerprint density at radius 1 is 0.783 bits per heavy atom. The van der Waals surface area contributed by atoms with Crippen LogP contribution in [-0.2, 0) is 30.4 Å². The second-order valence-corrected chi connectivity index (χ2v) is 8.60. The summed E-state index contributed by atoms with van der Waals surface area (Å²) in [4.78, 5) is -2.99. The molecular formula is C10H9NO9S3. The Morgan fingerprint density at radius 3 is 1.78 bits per heavy atom. The molecule has 0 aromatic heterocycles. The summed E-state index contributed by atoms with van der Waals surface area (Å²) in [6.45, 7) is 0. The molecule has 0 amide bonds. The summed E-state index contributed by atoms with van der Waals surface area (Å²) in [5.74, 6) is 0. The zero-order chi connectivity index (χ0) is 17.8. The van der Waals surface area contributed by atoms with Gasteiger partial charge in [0.1, 0.15) is 9.79 Å². The van der Waals surface area contributed by atoms with Gasteiger partial charge in [-0.25, -0.2) is 0 Å². The minimum atomic E-state index is -5.15. The first-order chi connectivity index (χ1) is 10.2. The van der Waals surface area contributed by atoms with Crippen molar-refractivity contribution in [2.45, 2.75) is 14.7 Å². The van der Waals surface area contributed by atoms with Crippen molar-refractivity contribution in [2.75, 3.05) is 5.73 Å². The summed E-state index contributed by atoms with van der Waals surface area (Å²) >= 11 is 0. The van der Waals surface area contributed by atoms with Crippen molar-refractivity contribution in [1.29, 1.82) is 0 Å². The lowest BCUT2D eigenvalue weighted by atomic mass is 10.1. The lowest BCUT2D eigenvalue weighted by Gasteiger charge is -2.12. The maximum atomic E-state index is 11.5. The van der Waals surface area contributed by atoms with Gasteiger partial charge in [-0.05, 0) is 23.6 Å². The topological polar surface area (TPSA) is 189 Å². The van der Waals surface area contributed by atoms with Gasteiger partial charge < -0.3 is 5.73 Å². The maximum absolute atomic E-state index is 11.5. The molecule has 0 saturated carbocycles. The van der Waals surface area contributed by atoms with Crippen molar-refractivity contribution in [3.05, 3.63) is 24.3 Å². The van der Waals surface area contributed by atoms with Gasteiger partial charge in [0, 0.05) is 11.1 Å². The molecule has 0 atom stereocenters. The van der Waals surface area contributed by atoms with Crippen LogP contribution in [0.15, 0.2) is 39.0 Å². The largest absolute Gasteiger partial charge is 0.398 e. The summed E-state index contributed by atoms with van der Waals surface area (Å²) in [5, 5.41) is -0.715. The molecule has 2 aromatic rings. The Bertz CT molecular complexity index is 1130. The Labute approximate surface area is 130 Å². The minimum Gasteiger partial charge on any atom is -0.398 e. The second-order valence-electron chi connectivity index (χ2n) is 4.43. The van der Waals surface area contributed by atoms with E-state index < -0.39 is 56.1 Å². The van der Waals surface area contributed by atoms with Crippen LogP contribution in [0, 0.1) is 0 Å². The highest BCUT2D eigenvalue weighted by Gasteiger charge is 2.28. The molecule has 0 aliphatic carbocycles. The molecule has 5 N–H and O–H groups in total. The van der Waals surface area contributed by atoms with E-state index in [9.17, 15) is 29.8 Å². The van der Waals surface area contributed by atoms with Crippen LogP contribution in [0.25, 0.3) is 10.8 Å². The zero-order valence-electron chi connectivity index (χ0n) is 10.9. The van der Waals surface area contributed by atoms with Crippen LogP contribution >= 0.6 is 0 Å². The van der Waals surface area contributed by atoms with Crippen molar-refractivity contribution >= 4 is 46.8 Å². The maximum Gasteiger partial charge on any atom is 0.296 e. The third kappa shape index (κ3) is 3.29. The van der Waals surface area contributed by atoms with Crippen LogP contribution in [0.1, 0.15) is 0 Å². The molecule has 0 aliphatic rings. The molecule has 0 heterocycles. The van der Waals surface area contributed by atoms with Gasteiger partial charge in [0.25, 0.3) is 30.4 Å². The van der Waals surface area contributed by atoms with Gasteiger partial charge >= 0.3 is 0 Å². The van der Waals surface area contributed by atoms with Crippen molar-refractivity contribution < 1.29 is 38.9 Å². The molecule has 0 spiro atoms. The van der Waals surface area contributed by atoms with E-state index in [1.807, 2.05) is 0 Å². The molecule has 0 aliphatic heterocycles. The van der Waals surface area contributed by atoms with E-state index in [2.05, 4.69) is 0 Å². The van der Waals surface area contributed by atoms with Gasteiger partial charge in [0.15, 0.2) is 0 Å². The first-order valence-electron chi connectivity index (χ1n) is 5.51. The van der Waals surface area contributed by atoms with Gasteiger partial charge in [-0.3, -0.25) is 13.7 Å². The molecule has 23 heavy (non-hydrogen) atoms. The molecule has 0 bridgehead atoms. The number of nitrogens with two attached hydrogens (primary N) is 1. The average Bonchev–Trinajstić information content (AvgIpc) is 2.33. The zero-order valence-corrected chi connectivity index (χ0v) is 13.4. The van der Waals surface area contributed by atoms with Crippen LogP contribution in [0.3, 0.4) is 0 Å². The normalized spacial score (nSPS) is 13.3. The molecule has 126 valence electrons. The smallest absolute Gasteiger partial charge is 0.296 e. The number of benzene rings is 2. The van der Waals surface area contributed by atoms with Gasteiger partial charge in [0.2, 0.25) is 0 Å². The fourth-order valence-corrected chi connectivity index (χ4v) is 4.60. The Morgan fingerprint density at radius 2 is 1.35 bits per heavy atom. The van der Waals surface area contributed by atoms with E-state index in [4.69, 9.17) is 14.8 Å². The monoisotopic (exact) mass is 383 g/mol. The highest BCUT2D eigenvalue weighted by Crippen LogP contribution is 2.35. The Kier molecular flexibility index (Phi) is 3.91. The SMILES string of the molecule is Nc1cc(S(=O)(=O)O)cc2ccc(S(=O)(=O)O)c(S(=O)(=O)O)c12. The number of hydrogen-bond acceptors (Lipinski definition) is 7. The minimum absolute atomic E-state index is 0.197. The molecule has 0 fully saturated rings. The van der Waals surface area contributed by atoms with Crippen LogP contribution in [0.2, 0.25) is 0 Å². The molecule has 2 aromatic carbocycles. The summed E-state index contributed by atoms with van der Waals surface area (Å²) in [6, 6.07) is 3.11. The third-order valence-corrected chi connectivity index (χ3v) is 5.67. The number of anilines is 1. The number of hydrogen-bond donors (Lipinski definition) is 4. The number of fused-ring (bicyclic) bond motifs is 1. The molecule has 0 unspecified atom stereocenters. The van der Waals surface area contributed by atoms with Gasteiger partial charge in [0.05, 0.1) is 4.90 Å². The molecule has 0 radical (unpaired) electrons. The Balaban J connectivity index is 3.14. The number of rotatable bonds is 3. The van der Waals surface area contributed by atoms with E-state index in [0.717, 1.165) is 12.1 Å². The highest BCUT2D eigenvalue weighted by molar-refractivity contribution is 7.89. The Hall–Kier alpha value is -1.77. The summed E-state index contributed by atoms with van der Waals surface area (Å²) in [7, 11) is -14.8. The summed E-state index contributed by atoms with van der Waals surface area (Å²) in [5.41, 5.74) is 4.99. The molecule has 10 nitrogen and oxygen atoms in total. The molecular weight excluding hydrogens is 374 g/mol. The average molecular weight is 383 g/mol. The van der Waals surface area contributed by atoms with E-state index in [1.165, 1.54) is 0 Å². The van der Waals surface area contributed by atoms with Crippen LogP contribution in [0.4, 0.5) is 5.69 Å². The fraction of sp³-hybridized carbons (Fsp3) is 0. The lowest BCUT2D eigenvalue weighted by molar-refractivity contribution is 0.467. The third-order valence-electron chi connectivity index (χ3n) is 2.87. The van der Waals surface area contributed by atoms with Crippen LogP contribution in [0.5, 0.6) is 0 Å². The van der Waals surface area contributed by atoms with E-state index in [0.29, 0.717) is 12.1 Å². The predicted octanol–water partition coefficient (Wildman–Crippen LogP) is 0.162. The van der Waals surface area contributed by atoms with E-state index in [1.54, 1.807) is 0 Å². The van der Waals surface area contributed by atoms with E-state index in [-0.39, 0.29) is 5.39 Å². The molecule has 2 rings (SSSR count). The quantitative estimate of drug-likeness (QED) is 0.419. The standard InChI is InChI=1S/C10H9NO9S3/c11-7-4-6(21(12,13)14)3-5-1-2-8(22(15,16)17)10(9(5)7)23(18,19)20/h1-4H,11H2,(H,12,13,14)(H,15,16,17)(H,18,19,20). The fourth-order valence-electron chi connectivity index (χ4n) is 2.03. The van der Waals surface area contributed by atoms with Crippen molar-refractivity contribution in [3.8, 4) is 0 Å². The molecule has 13 heteroatoms. The van der Waals surface area contributed by atoms with Gasteiger partial charge in [-0.15, -0.1) is 0 Å². The summed E-state index contributed by atoms with van der Waals surface area (Å²) in [6.07, 6.45) is 0. The van der Waals surface area contributed by atoms with Gasteiger partial charge in [-0.2, -0.15) is 25.3 Å². The summed E-state index contributed by atoms with van der Waals surface area (Å²) < 4.78 is 95.2. The molecule has 0 saturated heterocycles. The first kappa shape index (κ1) is 17.6. The van der Waals surface area contributed by atoms with Gasteiger partial charge in [-0.1, -0.05) is 6.07 Å². The van der Waals surface area contributed by atoms with Crippen molar-refractivity contribution in [2.24, 2.45) is 0 Å². The van der Waals surface area contributed by atoms with Crippen molar-refractivity contribution in [1.82, 2.24) is 0 Å². The first-order valence-corrected chi connectivity index (χ1v) is 9.83. The highest BCUT2D eigenvalue weighted by atomic mass is 32.2. The van der Waals surface area contributed by atoms with Crippen LogP contribution < -0.4 is 5.73 Å². The number of nitrogen functional groups attached to an aromatic ring is 1. The van der Waals surface area contributed by atoms with Crippen molar-refractivity contribution in [3.63, 3.8) is 0 Å². The lowest BCUT2D eigenvalue weighted by Crippen LogP contribution is -2.10. The predicted molar refractivity (Wildman–Crippen MR) is 77.8 cm³/mol. The van der Waals surface area contributed by atoms with Crippen LogP contribution in [-0.4, -0.2) is 38.9 Å². The second kappa shape index (κ2) is 5.12. The van der Waals surface area contributed by atoms with E-state index >= 15 is 0 Å².